The molecular weight excluding hydrogens is 246 g/mol. The molecular formula is C12H13N5O2. The number of aryl methyl sites for hydroxylation is 1. The standard InChI is InChI=1S/C12H13N5O2/c1-7-14-10(17-16-7)12(19)15-9-5-3-4-8(6-9)11(18)13-2/h3-6H,1-2H3,(H,13,18)(H,15,19)(H,14,16,17). The van der Waals surface area contributed by atoms with Gasteiger partial charge < -0.3 is 10.6 Å². The summed E-state index contributed by atoms with van der Waals surface area (Å²) in [5, 5.41) is 11.5. The van der Waals surface area contributed by atoms with Crippen LogP contribution < -0.4 is 10.6 Å². The second-order valence-corrected chi connectivity index (χ2v) is 3.86. The van der Waals surface area contributed by atoms with Crippen LogP contribution in [0.1, 0.15) is 26.8 Å². The molecule has 0 aliphatic rings. The molecule has 0 bridgehead atoms. The summed E-state index contributed by atoms with van der Waals surface area (Å²) in [6.45, 7) is 1.70. The summed E-state index contributed by atoms with van der Waals surface area (Å²) >= 11 is 0. The lowest BCUT2D eigenvalue weighted by Crippen LogP contribution is -2.18. The molecule has 2 aromatic rings. The summed E-state index contributed by atoms with van der Waals surface area (Å²) in [7, 11) is 1.55. The Balaban J connectivity index is 2.15. The van der Waals surface area contributed by atoms with Gasteiger partial charge in [-0.05, 0) is 25.1 Å². The number of H-pyrrole nitrogens is 1. The molecule has 3 N–H and O–H groups in total. The normalized spacial score (nSPS) is 10.0. The van der Waals surface area contributed by atoms with Crippen molar-refractivity contribution in [2.45, 2.75) is 6.92 Å². The van der Waals surface area contributed by atoms with Crippen molar-refractivity contribution in [2.75, 3.05) is 12.4 Å². The summed E-state index contributed by atoms with van der Waals surface area (Å²) in [4.78, 5) is 27.2. The molecule has 19 heavy (non-hydrogen) atoms. The van der Waals surface area contributed by atoms with Crippen LogP contribution in [0.2, 0.25) is 0 Å². The van der Waals surface area contributed by atoms with E-state index < -0.39 is 5.91 Å². The number of rotatable bonds is 3. The summed E-state index contributed by atoms with van der Waals surface area (Å²) < 4.78 is 0. The van der Waals surface area contributed by atoms with E-state index in [9.17, 15) is 9.59 Å². The van der Waals surface area contributed by atoms with E-state index in [1.54, 1.807) is 38.2 Å². The van der Waals surface area contributed by atoms with E-state index >= 15 is 0 Å². The Labute approximate surface area is 109 Å². The van der Waals surface area contributed by atoms with Crippen LogP contribution in [0.15, 0.2) is 24.3 Å². The van der Waals surface area contributed by atoms with Gasteiger partial charge in [-0.2, -0.15) is 0 Å². The molecule has 7 nitrogen and oxygen atoms in total. The molecule has 0 aliphatic heterocycles. The van der Waals surface area contributed by atoms with Crippen molar-refractivity contribution in [3.63, 3.8) is 0 Å². The number of hydrogen-bond donors (Lipinski definition) is 3. The van der Waals surface area contributed by atoms with Gasteiger partial charge in [0.15, 0.2) is 0 Å². The third kappa shape index (κ3) is 2.95. The van der Waals surface area contributed by atoms with E-state index in [4.69, 9.17) is 0 Å². The number of aromatic amines is 1. The molecule has 7 heteroatoms. The third-order valence-electron chi connectivity index (χ3n) is 2.41. The van der Waals surface area contributed by atoms with Gasteiger partial charge >= 0.3 is 0 Å². The van der Waals surface area contributed by atoms with Crippen molar-refractivity contribution >= 4 is 17.5 Å². The first kappa shape index (κ1) is 12.7. The van der Waals surface area contributed by atoms with Crippen LogP contribution in [-0.4, -0.2) is 34.0 Å². The van der Waals surface area contributed by atoms with Gasteiger partial charge in [0.1, 0.15) is 5.82 Å². The number of carbonyl (C=O) groups is 2. The number of aromatic nitrogens is 3. The monoisotopic (exact) mass is 259 g/mol. The van der Waals surface area contributed by atoms with Crippen LogP contribution in [-0.2, 0) is 0 Å². The largest absolute Gasteiger partial charge is 0.355 e. The van der Waals surface area contributed by atoms with Crippen LogP contribution in [0.3, 0.4) is 0 Å². The Morgan fingerprint density at radius 3 is 2.68 bits per heavy atom. The maximum Gasteiger partial charge on any atom is 0.295 e. The number of hydrogen-bond acceptors (Lipinski definition) is 4. The maximum absolute atomic E-state index is 11.8. The van der Waals surface area contributed by atoms with E-state index in [1.165, 1.54) is 0 Å². The van der Waals surface area contributed by atoms with Gasteiger partial charge in [0, 0.05) is 18.3 Å². The van der Waals surface area contributed by atoms with Crippen LogP contribution in [0.5, 0.6) is 0 Å². The molecule has 2 rings (SSSR count). The van der Waals surface area contributed by atoms with Crippen molar-refractivity contribution in [3.05, 3.63) is 41.5 Å². The van der Waals surface area contributed by atoms with E-state index in [2.05, 4.69) is 25.8 Å². The lowest BCUT2D eigenvalue weighted by atomic mass is 10.2. The van der Waals surface area contributed by atoms with Gasteiger partial charge in [0.25, 0.3) is 11.8 Å². The molecule has 1 aromatic heterocycles. The Kier molecular flexibility index (Phi) is 3.56. The van der Waals surface area contributed by atoms with E-state index in [-0.39, 0.29) is 11.7 Å². The van der Waals surface area contributed by atoms with Gasteiger partial charge in [-0.15, -0.1) is 5.10 Å². The molecule has 1 heterocycles. The number of benzene rings is 1. The summed E-state index contributed by atoms with van der Waals surface area (Å²) in [5.41, 5.74) is 0.972. The van der Waals surface area contributed by atoms with Crippen LogP contribution in [0.4, 0.5) is 5.69 Å². The quantitative estimate of drug-likeness (QED) is 0.756. The Morgan fingerprint density at radius 2 is 2.05 bits per heavy atom. The van der Waals surface area contributed by atoms with Crippen LogP contribution in [0.25, 0.3) is 0 Å². The number of anilines is 1. The van der Waals surface area contributed by atoms with Gasteiger partial charge in [-0.3, -0.25) is 14.7 Å². The highest BCUT2D eigenvalue weighted by molar-refractivity contribution is 6.02. The summed E-state index contributed by atoms with van der Waals surface area (Å²) in [6, 6.07) is 6.61. The smallest absolute Gasteiger partial charge is 0.295 e. The Morgan fingerprint density at radius 1 is 1.26 bits per heavy atom. The van der Waals surface area contributed by atoms with E-state index in [0.717, 1.165) is 0 Å². The minimum atomic E-state index is -0.432. The Hall–Kier alpha value is -2.70. The Bertz CT molecular complexity index is 620. The van der Waals surface area contributed by atoms with Crippen molar-refractivity contribution in [3.8, 4) is 0 Å². The molecule has 98 valence electrons. The molecule has 2 amide bonds. The number of nitrogens with zero attached hydrogens (tertiary/aromatic N) is 2. The van der Waals surface area contributed by atoms with Crippen LogP contribution >= 0.6 is 0 Å². The first-order valence-electron chi connectivity index (χ1n) is 5.62. The van der Waals surface area contributed by atoms with Gasteiger partial charge in [0.05, 0.1) is 0 Å². The highest BCUT2D eigenvalue weighted by Crippen LogP contribution is 2.11. The predicted molar refractivity (Wildman–Crippen MR) is 68.9 cm³/mol. The fraction of sp³-hybridized carbons (Fsp3) is 0.167. The fourth-order valence-electron chi connectivity index (χ4n) is 1.51. The van der Waals surface area contributed by atoms with Gasteiger partial charge in [-0.1, -0.05) is 6.07 Å². The molecule has 0 spiro atoms. The molecule has 0 radical (unpaired) electrons. The summed E-state index contributed by atoms with van der Waals surface area (Å²) in [5.74, 6) is -0.0321. The lowest BCUT2D eigenvalue weighted by molar-refractivity contribution is 0.0961. The van der Waals surface area contributed by atoms with Crippen molar-refractivity contribution < 1.29 is 9.59 Å². The zero-order valence-electron chi connectivity index (χ0n) is 10.5. The van der Waals surface area contributed by atoms with Gasteiger partial charge in [-0.25, -0.2) is 4.98 Å². The lowest BCUT2D eigenvalue weighted by Gasteiger charge is -2.05. The highest BCUT2D eigenvalue weighted by Gasteiger charge is 2.12. The molecule has 1 aromatic carbocycles. The molecule has 0 atom stereocenters. The summed E-state index contributed by atoms with van der Waals surface area (Å²) in [6.07, 6.45) is 0. The first-order valence-corrected chi connectivity index (χ1v) is 5.62. The zero-order chi connectivity index (χ0) is 13.8. The van der Waals surface area contributed by atoms with E-state index in [0.29, 0.717) is 17.1 Å². The molecule has 0 fully saturated rings. The number of carbonyl (C=O) groups excluding carboxylic acids is 2. The highest BCUT2D eigenvalue weighted by atomic mass is 16.2. The molecule has 0 unspecified atom stereocenters. The molecule has 0 aliphatic carbocycles. The molecule has 0 saturated carbocycles. The number of nitrogens with one attached hydrogen (secondary N) is 3. The zero-order valence-corrected chi connectivity index (χ0v) is 10.5. The van der Waals surface area contributed by atoms with Crippen molar-refractivity contribution in [1.29, 1.82) is 0 Å². The minimum Gasteiger partial charge on any atom is -0.355 e. The van der Waals surface area contributed by atoms with Crippen LogP contribution in [0, 0.1) is 6.92 Å². The minimum absolute atomic E-state index is 0.0582. The average molecular weight is 259 g/mol. The second-order valence-electron chi connectivity index (χ2n) is 3.86. The average Bonchev–Trinajstić information content (AvgIpc) is 2.85. The predicted octanol–water partition coefficient (Wildman–Crippen LogP) is 0.725. The van der Waals surface area contributed by atoms with Crippen molar-refractivity contribution in [1.82, 2.24) is 20.5 Å². The molecule has 0 saturated heterocycles. The first-order chi connectivity index (χ1) is 9.10. The van der Waals surface area contributed by atoms with E-state index in [1.807, 2.05) is 0 Å². The topological polar surface area (TPSA) is 99.8 Å². The maximum atomic E-state index is 11.8. The fourth-order valence-corrected chi connectivity index (χ4v) is 1.51. The third-order valence-corrected chi connectivity index (χ3v) is 2.41. The second kappa shape index (κ2) is 5.30. The number of amides is 2. The van der Waals surface area contributed by atoms with Gasteiger partial charge in [0.2, 0.25) is 5.82 Å². The SMILES string of the molecule is CNC(=O)c1cccc(NC(=O)c2n[nH]c(C)n2)c1. The van der Waals surface area contributed by atoms with Crippen molar-refractivity contribution in [2.24, 2.45) is 0 Å².